The molecule has 1 aliphatic heterocycles. The molecule has 2 heterocycles. The number of ether oxygens (including phenoxy) is 2. The second kappa shape index (κ2) is 8.80. The molecule has 1 aromatic heterocycles. The molecule has 0 aliphatic carbocycles. The molecule has 2 N–H and O–H groups in total. The maximum atomic E-state index is 11.9. The van der Waals surface area contributed by atoms with Crippen LogP contribution >= 0.6 is 0 Å². The third kappa shape index (κ3) is 6.32. The van der Waals surface area contributed by atoms with Crippen LogP contribution in [0, 0.1) is 6.92 Å². The number of hydroxylamine groups is 2. The number of carboxylic acid groups (broad SMARTS) is 1. The highest BCUT2D eigenvalue weighted by atomic mass is 16.8. The van der Waals surface area contributed by atoms with E-state index in [0.717, 1.165) is 0 Å². The standard InChI is InChI=1S/C20H26N4O7/c1-13-21-16(23-30-13)14-6-5-7-15(12-14)22-20(28-17(25)26)8-10-24(11-9-20)31-18(27)29-19(2,3)4/h5-7,12,22H,8-11H2,1-4H3,(H,25,26). The molecule has 0 unspecified atom stereocenters. The van der Waals surface area contributed by atoms with Crippen molar-refractivity contribution in [1.29, 1.82) is 0 Å². The summed E-state index contributed by atoms with van der Waals surface area (Å²) in [5.74, 6) is 0.867. The van der Waals surface area contributed by atoms with Crippen molar-refractivity contribution in [2.75, 3.05) is 18.4 Å². The van der Waals surface area contributed by atoms with Crippen molar-refractivity contribution < 1.29 is 33.5 Å². The minimum absolute atomic E-state index is 0.244. The van der Waals surface area contributed by atoms with Gasteiger partial charge in [-0.3, -0.25) is 0 Å². The van der Waals surface area contributed by atoms with E-state index in [0.29, 0.717) is 23.0 Å². The maximum absolute atomic E-state index is 11.9. The number of rotatable bonds is 5. The number of carbonyl (C=O) groups is 2. The van der Waals surface area contributed by atoms with Crippen LogP contribution in [0.4, 0.5) is 15.3 Å². The number of aromatic nitrogens is 2. The minimum atomic E-state index is -1.40. The number of piperidine rings is 1. The van der Waals surface area contributed by atoms with Gasteiger partial charge in [-0.15, -0.1) is 5.06 Å². The molecule has 1 saturated heterocycles. The summed E-state index contributed by atoms with van der Waals surface area (Å²) in [6, 6.07) is 7.17. The summed E-state index contributed by atoms with van der Waals surface area (Å²) in [5, 5.41) is 17.8. The summed E-state index contributed by atoms with van der Waals surface area (Å²) in [6.07, 6.45) is -1.73. The van der Waals surface area contributed by atoms with Gasteiger partial charge in [0.05, 0.1) is 0 Å². The van der Waals surface area contributed by atoms with Gasteiger partial charge in [-0.25, -0.2) is 9.59 Å². The lowest BCUT2D eigenvalue weighted by atomic mass is 10.0. The number of anilines is 1. The topological polar surface area (TPSA) is 136 Å². The Bertz CT molecular complexity index is 930. The zero-order chi connectivity index (χ0) is 22.6. The van der Waals surface area contributed by atoms with Crippen molar-refractivity contribution in [3.63, 3.8) is 0 Å². The normalized spacial score (nSPS) is 16.4. The van der Waals surface area contributed by atoms with Gasteiger partial charge < -0.3 is 29.3 Å². The second-order valence-corrected chi connectivity index (χ2v) is 8.19. The van der Waals surface area contributed by atoms with Crippen LogP contribution in [-0.2, 0) is 14.3 Å². The van der Waals surface area contributed by atoms with Gasteiger partial charge in [0.2, 0.25) is 11.7 Å². The lowest BCUT2D eigenvalue weighted by molar-refractivity contribution is -0.173. The van der Waals surface area contributed by atoms with Crippen LogP contribution in [0.1, 0.15) is 39.5 Å². The highest BCUT2D eigenvalue weighted by Gasteiger charge is 2.40. The van der Waals surface area contributed by atoms with E-state index in [2.05, 4.69) is 15.5 Å². The predicted octanol–water partition coefficient (Wildman–Crippen LogP) is 3.81. The zero-order valence-electron chi connectivity index (χ0n) is 17.9. The number of nitrogens with zero attached hydrogens (tertiary/aromatic N) is 3. The van der Waals surface area contributed by atoms with Crippen molar-refractivity contribution >= 4 is 18.0 Å². The molecular weight excluding hydrogens is 408 g/mol. The SMILES string of the molecule is Cc1nc(-c2cccc(NC3(OC(=O)O)CCN(OC(=O)OC(C)(C)C)CC3)c2)no1. The van der Waals surface area contributed by atoms with Crippen LogP contribution in [-0.4, -0.2) is 57.0 Å². The molecule has 1 aromatic carbocycles. The third-order valence-corrected chi connectivity index (χ3v) is 4.43. The summed E-state index contributed by atoms with van der Waals surface area (Å²) in [6.45, 7) is 7.42. The van der Waals surface area contributed by atoms with Crippen LogP contribution in [0.15, 0.2) is 28.8 Å². The Morgan fingerprint density at radius 1 is 1.26 bits per heavy atom. The van der Waals surface area contributed by atoms with Gasteiger partial charge >= 0.3 is 12.3 Å². The van der Waals surface area contributed by atoms with Crippen molar-refractivity contribution in [3.8, 4) is 11.4 Å². The Morgan fingerprint density at radius 2 is 1.97 bits per heavy atom. The van der Waals surface area contributed by atoms with E-state index in [1.165, 1.54) is 5.06 Å². The fourth-order valence-electron chi connectivity index (χ4n) is 3.15. The molecule has 0 bridgehead atoms. The first-order chi connectivity index (χ1) is 14.5. The predicted molar refractivity (Wildman–Crippen MR) is 108 cm³/mol. The number of carbonyl (C=O) groups excluding carboxylic acids is 1. The average Bonchev–Trinajstić information content (AvgIpc) is 3.08. The van der Waals surface area contributed by atoms with Crippen LogP contribution in [0.5, 0.6) is 0 Å². The van der Waals surface area contributed by atoms with Crippen LogP contribution in [0.2, 0.25) is 0 Å². The molecule has 0 amide bonds. The van der Waals surface area contributed by atoms with Gasteiger partial charge in [0.25, 0.3) is 0 Å². The van der Waals surface area contributed by atoms with E-state index in [1.807, 2.05) is 6.07 Å². The molecule has 1 aliphatic rings. The Hall–Kier alpha value is -3.34. The van der Waals surface area contributed by atoms with Gasteiger partial charge in [-0.05, 0) is 32.9 Å². The lowest BCUT2D eigenvalue weighted by Crippen LogP contribution is -2.52. The van der Waals surface area contributed by atoms with Gasteiger partial charge in [-0.1, -0.05) is 17.3 Å². The molecular formula is C20H26N4O7. The molecule has 1 fully saturated rings. The number of hydrogen-bond acceptors (Lipinski definition) is 10. The monoisotopic (exact) mass is 434 g/mol. The molecule has 0 atom stereocenters. The molecule has 2 aromatic rings. The van der Waals surface area contributed by atoms with E-state index in [-0.39, 0.29) is 25.9 Å². The quantitative estimate of drug-likeness (QED) is 0.525. The van der Waals surface area contributed by atoms with Crippen LogP contribution in [0.3, 0.4) is 0 Å². The first kappa shape index (κ1) is 22.3. The smallest absolute Gasteiger partial charge is 0.450 e. The summed E-state index contributed by atoms with van der Waals surface area (Å²) >= 11 is 0. The maximum Gasteiger partial charge on any atom is 0.528 e. The molecule has 11 heteroatoms. The Morgan fingerprint density at radius 3 is 2.55 bits per heavy atom. The highest BCUT2D eigenvalue weighted by molar-refractivity contribution is 5.64. The van der Waals surface area contributed by atoms with Gasteiger partial charge in [0, 0.05) is 44.1 Å². The van der Waals surface area contributed by atoms with Gasteiger partial charge in [-0.2, -0.15) is 4.98 Å². The van der Waals surface area contributed by atoms with E-state index in [1.54, 1.807) is 45.9 Å². The van der Waals surface area contributed by atoms with Crippen molar-refractivity contribution in [1.82, 2.24) is 15.2 Å². The Labute approximate surface area is 179 Å². The van der Waals surface area contributed by atoms with Crippen LogP contribution in [0.25, 0.3) is 11.4 Å². The molecule has 11 nitrogen and oxygen atoms in total. The first-order valence-corrected chi connectivity index (χ1v) is 9.80. The largest absolute Gasteiger partial charge is 0.528 e. The average molecular weight is 434 g/mol. The molecule has 0 spiro atoms. The number of benzene rings is 1. The summed E-state index contributed by atoms with van der Waals surface area (Å²) in [4.78, 5) is 32.6. The fourth-order valence-corrected chi connectivity index (χ4v) is 3.15. The zero-order valence-corrected chi connectivity index (χ0v) is 17.9. The van der Waals surface area contributed by atoms with Crippen molar-refractivity contribution in [2.45, 2.75) is 51.9 Å². The number of nitrogens with one attached hydrogen (secondary N) is 1. The molecule has 0 radical (unpaired) electrons. The number of hydrogen-bond donors (Lipinski definition) is 2. The Kier molecular flexibility index (Phi) is 6.34. The van der Waals surface area contributed by atoms with Gasteiger partial charge in [0.15, 0.2) is 5.72 Å². The van der Waals surface area contributed by atoms with Gasteiger partial charge in [0.1, 0.15) is 5.60 Å². The lowest BCUT2D eigenvalue weighted by Gasteiger charge is -2.40. The van der Waals surface area contributed by atoms with E-state index >= 15 is 0 Å². The van der Waals surface area contributed by atoms with E-state index < -0.39 is 23.6 Å². The van der Waals surface area contributed by atoms with Crippen molar-refractivity contribution in [2.24, 2.45) is 0 Å². The van der Waals surface area contributed by atoms with Crippen LogP contribution < -0.4 is 5.32 Å². The number of aryl methyl sites for hydroxylation is 1. The molecule has 0 saturated carbocycles. The molecule has 3 rings (SSSR count). The van der Waals surface area contributed by atoms with Crippen molar-refractivity contribution in [3.05, 3.63) is 30.2 Å². The summed E-state index contributed by atoms with van der Waals surface area (Å²) in [7, 11) is 0. The van der Waals surface area contributed by atoms with E-state index in [9.17, 15) is 14.7 Å². The highest BCUT2D eigenvalue weighted by Crippen LogP contribution is 2.30. The fraction of sp³-hybridized carbons (Fsp3) is 0.500. The third-order valence-electron chi connectivity index (χ3n) is 4.43. The Balaban J connectivity index is 1.69. The first-order valence-electron chi connectivity index (χ1n) is 9.80. The molecule has 168 valence electrons. The second-order valence-electron chi connectivity index (χ2n) is 8.19. The minimum Gasteiger partial charge on any atom is -0.450 e. The summed E-state index contributed by atoms with van der Waals surface area (Å²) < 4.78 is 15.4. The molecule has 31 heavy (non-hydrogen) atoms. The van der Waals surface area contributed by atoms with E-state index in [4.69, 9.17) is 18.8 Å². The summed E-state index contributed by atoms with van der Waals surface area (Å²) in [5.41, 5.74) is -0.529.